The summed E-state index contributed by atoms with van der Waals surface area (Å²) in [5, 5.41) is 2.56. The summed E-state index contributed by atoms with van der Waals surface area (Å²) >= 11 is 0. The van der Waals surface area contributed by atoms with Gasteiger partial charge in [-0.25, -0.2) is 9.18 Å². The summed E-state index contributed by atoms with van der Waals surface area (Å²) in [6.45, 7) is 0.971. The van der Waals surface area contributed by atoms with Crippen molar-refractivity contribution in [3.8, 4) is 5.75 Å². The van der Waals surface area contributed by atoms with Crippen LogP contribution < -0.4 is 10.1 Å². The molecule has 0 aliphatic carbocycles. The molecule has 0 aliphatic rings. The number of hydrogen-bond acceptors (Lipinski definition) is 5. The van der Waals surface area contributed by atoms with Crippen LogP contribution in [0.5, 0.6) is 5.75 Å². The van der Waals surface area contributed by atoms with Crippen molar-refractivity contribution < 1.29 is 28.2 Å². The maximum Gasteiger partial charge on any atom is 0.347 e. The Labute approximate surface area is 162 Å². The third kappa shape index (κ3) is 6.08. The van der Waals surface area contributed by atoms with Gasteiger partial charge in [-0.15, -0.1) is 0 Å². The van der Waals surface area contributed by atoms with Crippen LogP contribution in [0.1, 0.15) is 17.3 Å². The van der Waals surface area contributed by atoms with Crippen LogP contribution in [0.15, 0.2) is 48.5 Å². The molecule has 7 nitrogen and oxygen atoms in total. The first kappa shape index (κ1) is 20.9. The van der Waals surface area contributed by atoms with Crippen molar-refractivity contribution in [1.82, 2.24) is 4.90 Å². The van der Waals surface area contributed by atoms with Gasteiger partial charge in [-0.1, -0.05) is 0 Å². The second kappa shape index (κ2) is 9.50. The van der Waals surface area contributed by atoms with Crippen molar-refractivity contribution in [2.45, 2.75) is 13.0 Å². The lowest BCUT2D eigenvalue weighted by molar-refractivity contribution is -0.153. The zero-order chi connectivity index (χ0) is 20.7. The van der Waals surface area contributed by atoms with Crippen LogP contribution in [0.4, 0.5) is 10.1 Å². The normalized spacial score (nSPS) is 11.3. The quantitative estimate of drug-likeness (QED) is 0.737. The average Bonchev–Trinajstić information content (AvgIpc) is 2.67. The highest BCUT2D eigenvalue weighted by Crippen LogP contribution is 2.14. The highest BCUT2D eigenvalue weighted by Gasteiger charge is 2.18. The summed E-state index contributed by atoms with van der Waals surface area (Å²) in [5.41, 5.74) is 0.952. The van der Waals surface area contributed by atoms with E-state index in [2.05, 4.69) is 5.32 Å². The Morgan fingerprint density at radius 3 is 2.21 bits per heavy atom. The maximum atomic E-state index is 12.9. The molecule has 0 unspecified atom stereocenters. The Morgan fingerprint density at radius 1 is 1.04 bits per heavy atom. The molecule has 2 aromatic rings. The summed E-state index contributed by atoms with van der Waals surface area (Å²) in [6, 6.07) is 11.5. The fourth-order valence-corrected chi connectivity index (χ4v) is 2.17. The summed E-state index contributed by atoms with van der Waals surface area (Å²) in [4.78, 5) is 37.1. The van der Waals surface area contributed by atoms with Crippen molar-refractivity contribution in [2.75, 3.05) is 26.0 Å². The van der Waals surface area contributed by atoms with Crippen LogP contribution >= 0.6 is 0 Å². The minimum absolute atomic E-state index is 0.151. The van der Waals surface area contributed by atoms with Crippen LogP contribution in [-0.2, 0) is 14.3 Å². The Hall–Kier alpha value is -3.42. The lowest BCUT2D eigenvalue weighted by Crippen LogP contribution is -2.29. The highest BCUT2D eigenvalue weighted by molar-refractivity contribution is 5.96. The van der Waals surface area contributed by atoms with Crippen molar-refractivity contribution in [3.05, 3.63) is 59.9 Å². The largest absolute Gasteiger partial charge is 0.479 e. The number of nitrogens with zero attached hydrogens (tertiary/aromatic N) is 1. The number of rotatable bonds is 7. The van der Waals surface area contributed by atoms with Crippen LogP contribution in [0.25, 0.3) is 0 Å². The number of nitrogens with one attached hydrogen (secondary N) is 1. The minimum Gasteiger partial charge on any atom is -0.479 e. The Morgan fingerprint density at radius 2 is 1.64 bits per heavy atom. The Balaban J connectivity index is 1.80. The second-order valence-electron chi connectivity index (χ2n) is 6.15. The first-order chi connectivity index (χ1) is 13.3. The lowest BCUT2D eigenvalue weighted by Gasteiger charge is -2.14. The van der Waals surface area contributed by atoms with E-state index >= 15 is 0 Å². The van der Waals surface area contributed by atoms with Gasteiger partial charge in [-0.05, 0) is 55.5 Å². The van der Waals surface area contributed by atoms with Crippen molar-refractivity contribution in [2.24, 2.45) is 0 Å². The highest BCUT2D eigenvalue weighted by atomic mass is 19.1. The van der Waals surface area contributed by atoms with E-state index in [-0.39, 0.29) is 5.91 Å². The molecule has 0 aliphatic heterocycles. The molecule has 148 valence electrons. The number of esters is 1. The summed E-state index contributed by atoms with van der Waals surface area (Å²) in [7, 11) is 3.29. The monoisotopic (exact) mass is 388 g/mol. The van der Waals surface area contributed by atoms with E-state index in [1.165, 1.54) is 36.1 Å². The summed E-state index contributed by atoms with van der Waals surface area (Å²) in [6.07, 6.45) is -0.963. The molecule has 0 spiro atoms. The first-order valence-corrected chi connectivity index (χ1v) is 8.46. The lowest BCUT2D eigenvalue weighted by atomic mass is 10.2. The fraction of sp³-hybridized carbons (Fsp3) is 0.250. The van der Waals surface area contributed by atoms with Crippen molar-refractivity contribution >= 4 is 23.5 Å². The molecule has 8 heteroatoms. The zero-order valence-corrected chi connectivity index (χ0v) is 15.8. The molecular weight excluding hydrogens is 367 g/mol. The van der Waals surface area contributed by atoms with E-state index in [0.717, 1.165) is 0 Å². The fourth-order valence-electron chi connectivity index (χ4n) is 2.17. The standard InChI is InChI=1S/C20H21FN2O5/c1-13(28-17-10-6-15(21)7-11-17)20(26)27-12-18(24)22-16-8-4-14(5-9-16)19(25)23(2)3/h4-11,13H,12H2,1-3H3,(H,22,24)/t13-/m0/s1. The number of ether oxygens (including phenoxy) is 2. The van der Waals surface area contributed by atoms with Gasteiger partial charge in [0, 0.05) is 25.3 Å². The third-order valence-corrected chi connectivity index (χ3v) is 3.63. The third-order valence-electron chi connectivity index (χ3n) is 3.63. The van der Waals surface area contributed by atoms with E-state index in [0.29, 0.717) is 17.0 Å². The SMILES string of the molecule is C[C@H](Oc1ccc(F)cc1)C(=O)OCC(=O)Nc1ccc(C(=O)N(C)C)cc1. The smallest absolute Gasteiger partial charge is 0.347 e. The predicted octanol–water partition coefficient (Wildman–Crippen LogP) is 2.48. The van der Waals surface area contributed by atoms with Gasteiger partial charge < -0.3 is 19.7 Å². The predicted molar refractivity (Wildman–Crippen MR) is 101 cm³/mol. The molecule has 2 rings (SSSR count). The molecule has 28 heavy (non-hydrogen) atoms. The average molecular weight is 388 g/mol. The van der Waals surface area contributed by atoms with Crippen LogP contribution in [0.3, 0.4) is 0 Å². The van der Waals surface area contributed by atoms with E-state index in [1.54, 1.807) is 38.4 Å². The van der Waals surface area contributed by atoms with Crippen molar-refractivity contribution in [1.29, 1.82) is 0 Å². The Kier molecular flexibility index (Phi) is 7.08. The molecule has 1 atom stereocenters. The van der Waals surface area contributed by atoms with Crippen LogP contribution in [-0.4, -0.2) is 49.5 Å². The molecule has 0 saturated carbocycles. The van der Waals surface area contributed by atoms with Crippen molar-refractivity contribution in [3.63, 3.8) is 0 Å². The number of carbonyl (C=O) groups is 3. The van der Waals surface area contributed by atoms with Gasteiger partial charge in [0.15, 0.2) is 12.7 Å². The molecule has 2 aromatic carbocycles. The first-order valence-electron chi connectivity index (χ1n) is 8.46. The number of benzene rings is 2. The molecule has 0 radical (unpaired) electrons. The van der Waals surface area contributed by atoms with Gasteiger partial charge in [0.05, 0.1) is 0 Å². The van der Waals surface area contributed by atoms with E-state index in [4.69, 9.17) is 9.47 Å². The van der Waals surface area contributed by atoms with Gasteiger partial charge in [0.2, 0.25) is 0 Å². The van der Waals surface area contributed by atoms with E-state index < -0.39 is 30.4 Å². The second-order valence-corrected chi connectivity index (χ2v) is 6.15. The molecule has 2 amide bonds. The molecule has 0 fully saturated rings. The van der Waals surface area contributed by atoms with Crippen LogP contribution in [0, 0.1) is 5.82 Å². The minimum atomic E-state index is -0.963. The molecule has 1 N–H and O–H groups in total. The van der Waals surface area contributed by atoms with E-state index in [1.807, 2.05) is 0 Å². The van der Waals surface area contributed by atoms with Gasteiger partial charge in [0.25, 0.3) is 11.8 Å². The Bertz CT molecular complexity index is 835. The van der Waals surface area contributed by atoms with Crippen LogP contribution in [0.2, 0.25) is 0 Å². The number of amides is 2. The van der Waals surface area contributed by atoms with E-state index in [9.17, 15) is 18.8 Å². The van der Waals surface area contributed by atoms with Gasteiger partial charge in [-0.2, -0.15) is 0 Å². The molecule has 0 saturated heterocycles. The molecule has 0 aromatic heterocycles. The number of hydrogen-bond donors (Lipinski definition) is 1. The number of anilines is 1. The summed E-state index contributed by atoms with van der Waals surface area (Å²) < 4.78 is 23.1. The zero-order valence-electron chi connectivity index (χ0n) is 15.8. The maximum absolute atomic E-state index is 12.9. The van der Waals surface area contributed by atoms with Gasteiger partial charge >= 0.3 is 5.97 Å². The molecule has 0 heterocycles. The molecule has 0 bridgehead atoms. The number of halogens is 1. The topological polar surface area (TPSA) is 84.9 Å². The summed E-state index contributed by atoms with van der Waals surface area (Å²) in [5.74, 6) is -1.52. The molecular formula is C20H21FN2O5. The van der Waals surface area contributed by atoms with Gasteiger partial charge in [0.1, 0.15) is 11.6 Å². The van der Waals surface area contributed by atoms with Gasteiger partial charge in [-0.3, -0.25) is 9.59 Å². The number of carbonyl (C=O) groups excluding carboxylic acids is 3.